The summed E-state index contributed by atoms with van der Waals surface area (Å²) >= 11 is 0. The molecule has 0 aliphatic carbocycles. The summed E-state index contributed by atoms with van der Waals surface area (Å²) in [5.41, 5.74) is 3.99. The summed E-state index contributed by atoms with van der Waals surface area (Å²) in [5.74, 6) is 26.9. The molecule has 0 bridgehead atoms. The van der Waals surface area contributed by atoms with Crippen molar-refractivity contribution in [2.45, 2.75) is 97.4 Å². The van der Waals surface area contributed by atoms with Crippen molar-refractivity contribution in [2.24, 2.45) is 0 Å². The van der Waals surface area contributed by atoms with Gasteiger partial charge in [0, 0.05) is 11.6 Å². The van der Waals surface area contributed by atoms with E-state index in [0.29, 0.717) is 0 Å². The van der Waals surface area contributed by atoms with Crippen LogP contribution in [0.4, 0.5) is 0 Å². The first-order chi connectivity index (χ1) is 16.2. The summed E-state index contributed by atoms with van der Waals surface area (Å²) in [6.07, 6.45) is 0. The lowest BCUT2D eigenvalue weighted by Gasteiger charge is -2.38. The number of hydrogen-bond donors (Lipinski definition) is 0. The van der Waals surface area contributed by atoms with Gasteiger partial charge in [-0.15, -0.1) is 5.54 Å². The lowest BCUT2D eigenvalue weighted by Crippen LogP contribution is -2.44. The predicted octanol–water partition coefficient (Wildman–Crippen LogP) is 7.70. The molecule has 190 valence electrons. The summed E-state index contributed by atoms with van der Waals surface area (Å²) in [7, 11) is -5.44. The maximum absolute atomic E-state index is 6.58. The SMILES string of the molecule is CC(C)(C)[Si](C)(C)Oc1cc(C#CC#CC#CC#CC#C[Si](C)(C)C)cc(O[Si](C)(C)C(C)(C)C)c1. The van der Waals surface area contributed by atoms with E-state index >= 15 is 0 Å². The lowest BCUT2D eigenvalue weighted by atomic mass is 10.2. The smallest absolute Gasteiger partial charge is 0.250 e. The third kappa shape index (κ3) is 10.9. The maximum Gasteiger partial charge on any atom is 0.250 e. The van der Waals surface area contributed by atoms with Gasteiger partial charge in [0.2, 0.25) is 16.6 Å². The van der Waals surface area contributed by atoms with Gasteiger partial charge in [-0.1, -0.05) is 67.1 Å². The molecule has 0 radical (unpaired) electrons. The summed E-state index contributed by atoms with van der Waals surface area (Å²) in [5, 5.41) is 0.172. The van der Waals surface area contributed by atoms with Gasteiger partial charge < -0.3 is 8.85 Å². The summed E-state index contributed by atoms with van der Waals surface area (Å²) < 4.78 is 13.2. The fourth-order valence-corrected chi connectivity index (χ4v) is 4.63. The van der Waals surface area contributed by atoms with Gasteiger partial charge in [-0.3, -0.25) is 0 Å². The Bertz CT molecular complexity index is 1210. The summed E-state index contributed by atoms with van der Waals surface area (Å²) in [4.78, 5) is 0. The topological polar surface area (TPSA) is 18.5 Å². The maximum atomic E-state index is 6.58. The van der Waals surface area contributed by atoms with Crippen molar-refractivity contribution in [3.8, 4) is 70.3 Å². The van der Waals surface area contributed by atoms with Gasteiger partial charge in [0.25, 0.3) is 0 Å². The van der Waals surface area contributed by atoms with Crippen LogP contribution in [-0.2, 0) is 0 Å². The third-order valence-corrected chi connectivity index (χ3v) is 15.9. The Morgan fingerprint density at radius 2 is 0.889 bits per heavy atom. The van der Waals surface area contributed by atoms with E-state index < -0.39 is 24.7 Å². The molecule has 0 fully saturated rings. The Morgan fingerprint density at radius 3 is 1.25 bits per heavy atom. The molecule has 0 aromatic heterocycles. The molecule has 0 spiro atoms. The van der Waals surface area contributed by atoms with E-state index in [1.54, 1.807) is 0 Å². The fourth-order valence-electron chi connectivity index (χ4n) is 2.17. The largest absolute Gasteiger partial charge is 0.543 e. The molecular formula is C31H42O2Si3. The van der Waals surface area contributed by atoms with Crippen LogP contribution in [0.2, 0.25) is 55.9 Å². The van der Waals surface area contributed by atoms with Crippen molar-refractivity contribution in [1.29, 1.82) is 0 Å². The minimum Gasteiger partial charge on any atom is -0.543 e. The first-order valence-corrected chi connectivity index (χ1v) is 21.6. The molecule has 0 amide bonds. The Morgan fingerprint density at radius 1 is 0.528 bits per heavy atom. The summed E-state index contributed by atoms with van der Waals surface area (Å²) in [6.45, 7) is 28.9. The zero-order valence-electron chi connectivity index (χ0n) is 24.5. The van der Waals surface area contributed by atoms with Crippen LogP contribution in [-0.4, -0.2) is 24.7 Å². The molecule has 0 atom stereocenters. The standard InChI is InChI=1S/C31H42O2Si3/c1-30(2,3)35(10,11)32-28-24-27(25-29(26-28)33-36(12,13)31(4,5)6)22-20-18-16-14-15-17-19-21-23-34(7,8)9/h24-26H,1-13H3. The molecule has 0 aliphatic heterocycles. The van der Waals surface area contributed by atoms with Crippen LogP contribution in [0, 0.1) is 58.8 Å². The molecule has 36 heavy (non-hydrogen) atoms. The minimum atomic E-state index is -2.02. The lowest BCUT2D eigenvalue weighted by molar-refractivity contribution is 0.474. The Labute approximate surface area is 224 Å². The van der Waals surface area contributed by atoms with Gasteiger partial charge in [0.05, 0.1) is 0 Å². The highest BCUT2D eigenvalue weighted by atomic mass is 28.4. The van der Waals surface area contributed by atoms with Crippen LogP contribution in [0.25, 0.3) is 0 Å². The molecule has 0 N–H and O–H groups in total. The van der Waals surface area contributed by atoms with Crippen molar-refractivity contribution in [3.05, 3.63) is 23.8 Å². The van der Waals surface area contributed by atoms with Crippen LogP contribution in [0.15, 0.2) is 18.2 Å². The van der Waals surface area contributed by atoms with E-state index in [1.165, 1.54) is 0 Å². The average Bonchev–Trinajstić information content (AvgIpc) is 2.66. The van der Waals surface area contributed by atoms with Crippen LogP contribution in [0.5, 0.6) is 11.5 Å². The average molecular weight is 531 g/mol. The quantitative estimate of drug-likeness (QED) is 0.293. The van der Waals surface area contributed by atoms with E-state index in [-0.39, 0.29) is 10.1 Å². The molecule has 1 aromatic carbocycles. The first-order valence-electron chi connectivity index (χ1n) is 12.3. The zero-order chi connectivity index (χ0) is 27.8. The normalized spacial score (nSPS) is 11.5. The Kier molecular flexibility index (Phi) is 10.4. The van der Waals surface area contributed by atoms with Crippen molar-refractivity contribution in [1.82, 2.24) is 0 Å². The third-order valence-electron chi connectivity index (χ3n) is 6.32. The van der Waals surface area contributed by atoms with E-state index in [2.05, 4.69) is 146 Å². The molecule has 0 saturated heterocycles. The second kappa shape index (κ2) is 12.0. The van der Waals surface area contributed by atoms with Gasteiger partial charge in [-0.05, 0) is 95.8 Å². The predicted molar refractivity (Wildman–Crippen MR) is 163 cm³/mol. The molecule has 0 unspecified atom stereocenters. The van der Waals surface area contributed by atoms with Gasteiger partial charge >= 0.3 is 0 Å². The van der Waals surface area contributed by atoms with E-state index in [4.69, 9.17) is 8.85 Å². The molecule has 0 heterocycles. The highest BCUT2D eigenvalue weighted by Crippen LogP contribution is 2.40. The molecule has 2 nitrogen and oxygen atoms in total. The molecule has 5 heteroatoms. The van der Waals surface area contributed by atoms with Crippen molar-refractivity contribution >= 4 is 24.7 Å². The van der Waals surface area contributed by atoms with Crippen molar-refractivity contribution in [2.75, 3.05) is 0 Å². The van der Waals surface area contributed by atoms with Crippen molar-refractivity contribution in [3.63, 3.8) is 0 Å². The molecule has 0 saturated carbocycles. The van der Waals surface area contributed by atoms with E-state index in [1.807, 2.05) is 18.2 Å². The fraction of sp³-hybridized carbons (Fsp3) is 0.484. The van der Waals surface area contributed by atoms with Crippen LogP contribution in [0.3, 0.4) is 0 Å². The van der Waals surface area contributed by atoms with E-state index in [0.717, 1.165) is 17.1 Å². The van der Waals surface area contributed by atoms with Crippen LogP contribution >= 0.6 is 0 Å². The minimum absolute atomic E-state index is 0.0858. The first kappa shape index (κ1) is 31.3. The van der Waals surface area contributed by atoms with Crippen LogP contribution < -0.4 is 8.85 Å². The molecule has 1 rings (SSSR count). The monoisotopic (exact) mass is 530 g/mol. The van der Waals surface area contributed by atoms with Crippen LogP contribution in [0.1, 0.15) is 47.1 Å². The number of rotatable bonds is 4. The Hall–Kier alpha value is -2.73. The van der Waals surface area contributed by atoms with Gasteiger partial charge in [-0.2, -0.15) is 0 Å². The Balaban J connectivity index is 3.26. The number of benzene rings is 1. The molecular weight excluding hydrogens is 489 g/mol. The van der Waals surface area contributed by atoms with Gasteiger partial charge in [0.15, 0.2) is 0 Å². The second-order valence-corrected chi connectivity index (χ2v) is 27.1. The van der Waals surface area contributed by atoms with Crippen molar-refractivity contribution < 1.29 is 8.85 Å². The van der Waals surface area contributed by atoms with Gasteiger partial charge in [0.1, 0.15) is 19.6 Å². The highest BCUT2D eigenvalue weighted by molar-refractivity contribution is 6.83. The summed E-state index contributed by atoms with van der Waals surface area (Å²) in [6, 6.07) is 5.96. The zero-order valence-corrected chi connectivity index (χ0v) is 27.5. The molecule has 1 aromatic rings. The van der Waals surface area contributed by atoms with Gasteiger partial charge in [-0.25, -0.2) is 0 Å². The van der Waals surface area contributed by atoms with E-state index in [9.17, 15) is 0 Å². The second-order valence-electron chi connectivity index (χ2n) is 12.9. The molecule has 0 aliphatic rings. The highest BCUT2D eigenvalue weighted by Gasteiger charge is 2.40. The number of hydrogen-bond acceptors (Lipinski definition) is 2.